The first-order valence-electron chi connectivity index (χ1n) is 7.13. The Morgan fingerprint density at radius 2 is 1.81 bits per heavy atom. The van der Waals surface area contributed by atoms with E-state index in [1.54, 1.807) is 23.1 Å². The van der Waals surface area contributed by atoms with Gasteiger partial charge in [0.05, 0.1) is 16.3 Å². The van der Waals surface area contributed by atoms with Gasteiger partial charge in [-0.3, -0.25) is 14.5 Å². The van der Waals surface area contributed by atoms with Crippen LogP contribution in [-0.2, 0) is 4.79 Å². The predicted octanol–water partition coefficient (Wildman–Crippen LogP) is 1.12. The minimum absolute atomic E-state index is 0.350. The molecule has 3 rings (SSSR count). The van der Waals surface area contributed by atoms with Gasteiger partial charge < -0.3 is 9.80 Å². The third-order valence-corrected chi connectivity index (χ3v) is 4.50. The number of carbonyl (C=O) groups excluding carboxylic acids is 2. The van der Waals surface area contributed by atoms with Crippen molar-refractivity contribution >= 4 is 29.0 Å². The van der Waals surface area contributed by atoms with Crippen molar-refractivity contribution in [3.8, 4) is 0 Å². The monoisotopic (exact) mass is 307 g/mol. The number of anilines is 1. The van der Waals surface area contributed by atoms with E-state index in [-0.39, 0.29) is 0 Å². The second-order valence-electron chi connectivity index (χ2n) is 5.56. The van der Waals surface area contributed by atoms with Gasteiger partial charge in [-0.05, 0) is 19.2 Å². The first kappa shape index (κ1) is 14.5. The second-order valence-corrected chi connectivity index (χ2v) is 5.97. The molecule has 0 saturated carbocycles. The summed E-state index contributed by atoms with van der Waals surface area (Å²) < 4.78 is 0. The molecule has 2 heterocycles. The highest BCUT2D eigenvalue weighted by molar-refractivity contribution is 6.55. The van der Waals surface area contributed by atoms with Gasteiger partial charge in [0, 0.05) is 39.3 Å². The number of amides is 1. The van der Waals surface area contributed by atoms with Crippen molar-refractivity contribution in [1.82, 2.24) is 9.80 Å². The lowest BCUT2D eigenvalue weighted by molar-refractivity contribution is -0.114. The summed E-state index contributed by atoms with van der Waals surface area (Å²) in [5, 5.41) is 0.355. The topological polar surface area (TPSA) is 43.9 Å². The molecule has 112 valence electrons. The van der Waals surface area contributed by atoms with Gasteiger partial charge in [0.15, 0.2) is 0 Å². The van der Waals surface area contributed by atoms with E-state index >= 15 is 0 Å². The Hall–Kier alpha value is -1.43. The minimum Gasteiger partial charge on any atom is -0.304 e. The summed E-state index contributed by atoms with van der Waals surface area (Å²) in [5.74, 6) is -0.957. The number of Topliss-reactive ketones (excluding diaryl/α,β-unsaturated/α-hetero) is 1. The molecule has 2 aliphatic rings. The van der Waals surface area contributed by atoms with Crippen molar-refractivity contribution in [3.05, 3.63) is 28.8 Å². The van der Waals surface area contributed by atoms with Crippen molar-refractivity contribution < 1.29 is 9.59 Å². The number of hydrogen-bond acceptors (Lipinski definition) is 4. The van der Waals surface area contributed by atoms with E-state index in [0.717, 1.165) is 32.7 Å². The zero-order valence-corrected chi connectivity index (χ0v) is 12.8. The second kappa shape index (κ2) is 5.75. The molecule has 0 bridgehead atoms. The summed E-state index contributed by atoms with van der Waals surface area (Å²) in [6.45, 7) is 5.37. The standard InChI is InChI=1S/C15H18ClN3O2/c1-17-5-7-18(8-6-17)9-10-19-12-4-2-3-11(16)13(12)14(20)15(19)21/h2-4H,5-10H2,1H3. The van der Waals surface area contributed by atoms with E-state index in [9.17, 15) is 9.59 Å². The molecule has 1 fully saturated rings. The van der Waals surface area contributed by atoms with Crippen LogP contribution in [0, 0.1) is 0 Å². The van der Waals surface area contributed by atoms with E-state index in [4.69, 9.17) is 11.6 Å². The van der Waals surface area contributed by atoms with Crippen LogP contribution in [0.2, 0.25) is 5.02 Å². The molecule has 1 saturated heterocycles. The molecule has 0 N–H and O–H groups in total. The first-order chi connectivity index (χ1) is 10.1. The van der Waals surface area contributed by atoms with Crippen molar-refractivity contribution in [3.63, 3.8) is 0 Å². The zero-order chi connectivity index (χ0) is 15.0. The maximum atomic E-state index is 12.1. The highest BCUT2D eigenvalue weighted by Crippen LogP contribution is 2.33. The van der Waals surface area contributed by atoms with Gasteiger partial charge in [-0.15, -0.1) is 0 Å². The molecule has 6 heteroatoms. The lowest BCUT2D eigenvalue weighted by atomic mass is 10.1. The van der Waals surface area contributed by atoms with Gasteiger partial charge in [-0.1, -0.05) is 17.7 Å². The molecule has 0 radical (unpaired) electrons. The van der Waals surface area contributed by atoms with Crippen LogP contribution in [0.3, 0.4) is 0 Å². The minimum atomic E-state index is -0.492. The average molecular weight is 308 g/mol. The normalized spacial score (nSPS) is 20.2. The van der Waals surface area contributed by atoms with Crippen molar-refractivity contribution in [2.75, 3.05) is 51.2 Å². The lowest BCUT2D eigenvalue weighted by Gasteiger charge is -2.33. The fraction of sp³-hybridized carbons (Fsp3) is 0.467. The average Bonchev–Trinajstić information content (AvgIpc) is 2.72. The third kappa shape index (κ3) is 2.69. The van der Waals surface area contributed by atoms with Gasteiger partial charge in [-0.2, -0.15) is 0 Å². The van der Waals surface area contributed by atoms with Crippen LogP contribution in [-0.4, -0.2) is 67.8 Å². The van der Waals surface area contributed by atoms with Crippen molar-refractivity contribution in [2.24, 2.45) is 0 Å². The Bertz CT molecular complexity index is 582. The molecule has 0 aliphatic carbocycles. The van der Waals surface area contributed by atoms with Crippen LogP contribution in [0.1, 0.15) is 10.4 Å². The number of carbonyl (C=O) groups is 2. The number of likely N-dealkylation sites (N-methyl/N-ethyl adjacent to an activating group) is 1. The molecule has 5 nitrogen and oxygen atoms in total. The summed E-state index contributed by atoms with van der Waals surface area (Å²) >= 11 is 6.04. The number of piperazine rings is 1. The highest BCUT2D eigenvalue weighted by atomic mass is 35.5. The molecule has 1 aromatic carbocycles. The number of fused-ring (bicyclic) bond motifs is 1. The highest BCUT2D eigenvalue weighted by Gasteiger charge is 2.37. The molecule has 0 unspecified atom stereocenters. The van der Waals surface area contributed by atoms with Crippen LogP contribution in [0.15, 0.2) is 18.2 Å². The third-order valence-electron chi connectivity index (χ3n) is 4.18. The number of halogens is 1. The van der Waals surface area contributed by atoms with E-state index in [1.165, 1.54) is 0 Å². The van der Waals surface area contributed by atoms with Crippen LogP contribution in [0.4, 0.5) is 5.69 Å². The Balaban J connectivity index is 1.71. The van der Waals surface area contributed by atoms with E-state index in [2.05, 4.69) is 16.8 Å². The summed E-state index contributed by atoms with van der Waals surface area (Å²) in [5.41, 5.74) is 0.995. The van der Waals surface area contributed by atoms with Crippen molar-refractivity contribution in [1.29, 1.82) is 0 Å². The lowest BCUT2D eigenvalue weighted by Crippen LogP contribution is -2.47. The molecular formula is C15H18ClN3O2. The van der Waals surface area contributed by atoms with E-state index in [1.807, 2.05) is 0 Å². The Kier molecular flexibility index (Phi) is 3.97. The molecule has 1 aromatic rings. The van der Waals surface area contributed by atoms with Gasteiger partial charge in [0.2, 0.25) is 0 Å². The van der Waals surface area contributed by atoms with E-state index in [0.29, 0.717) is 22.8 Å². The Morgan fingerprint density at radius 1 is 1.10 bits per heavy atom. The van der Waals surface area contributed by atoms with E-state index < -0.39 is 11.7 Å². The number of benzene rings is 1. The number of ketones is 1. The molecule has 0 aromatic heterocycles. The molecule has 0 spiro atoms. The maximum absolute atomic E-state index is 12.1. The van der Waals surface area contributed by atoms with Crippen LogP contribution in [0.25, 0.3) is 0 Å². The Labute approximate surface area is 129 Å². The van der Waals surface area contributed by atoms with Crippen molar-refractivity contribution in [2.45, 2.75) is 0 Å². The van der Waals surface area contributed by atoms with Gasteiger partial charge in [0.25, 0.3) is 11.7 Å². The SMILES string of the molecule is CN1CCN(CCN2C(=O)C(=O)c3c(Cl)cccc32)CC1. The predicted molar refractivity (Wildman–Crippen MR) is 82.1 cm³/mol. The Morgan fingerprint density at radius 3 is 2.52 bits per heavy atom. The van der Waals surface area contributed by atoms with Crippen LogP contribution >= 0.6 is 11.6 Å². The quantitative estimate of drug-likeness (QED) is 0.785. The number of hydrogen-bond donors (Lipinski definition) is 0. The number of rotatable bonds is 3. The van der Waals surface area contributed by atoms with Gasteiger partial charge >= 0.3 is 0 Å². The van der Waals surface area contributed by atoms with Gasteiger partial charge in [-0.25, -0.2) is 0 Å². The number of nitrogens with zero attached hydrogens (tertiary/aromatic N) is 3. The summed E-state index contributed by atoms with van der Waals surface area (Å²) in [4.78, 5) is 30.3. The summed E-state index contributed by atoms with van der Waals surface area (Å²) in [6.07, 6.45) is 0. The van der Waals surface area contributed by atoms with Gasteiger partial charge in [0.1, 0.15) is 0 Å². The smallest absolute Gasteiger partial charge is 0.299 e. The largest absolute Gasteiger partial charge is 0.304 e. The molecule has 21 heavy (non-hydrogen) atoms. The fourth-order valence-corrected chi connectivity index (χ4v) is 3.09. The summed E-state index contributed by atoms with van der Waals surface area (Å²) in [6, 6.07) is 5.21. The zero-order valence-electron chi connectivity index (χ0n) is 12.0. The first-order valence-corrected chi connectivity index (χ1v) is 7.51. The molecular weight excluding hydrogens is 290 g/mol. The van der Waals surface area contributed by atoms with Crippen LogP contribution in [0.5, 0.6) is 0 Å². The fourth-order valence-electron chi connectivity index (χ4n) is 2.84. The van der Waals surface area contributed by atoms with Crippen LogP contribution < -0.4 is 4.90 Å². The summed E-state index contributed by atoms with van der Waals surface area (Å²) in [7, 11) is 2.11. The molecule has 2 aliphatic heterocycles. The maximum Gasteiger partial charge on any atom is 0.299 e. The molecule has 1 amide bonds. The molecule has 0 atom stereocenters.